The van der Waals surface area contributed by atoms with Crippen LogP contribution in [-0.4, -0.2) is 37.2 Å². The van der Waals surface area contributed by atoms with Crippen LogP contribution in [0.2, 0.25) is 0 Å². The van der Waals surface area contributed by atoms with E-state index in [1.165, 1.54) is 122 Å². The number of hydrogen-bond acceptors (Lipinski definition) is 6. The van der Waals surface area contributed by atoms with E-state index in [1.807, 2.05) is 0 Å². The summed E-state index contributed by atoms with van der Waals surface area (Å²) in [6, 6.07) is 0. The van der Waals surface area contributed by atoms with Crippen molar-refractivity contribution in [3.05, 3.63) is 60.8 Å². The largest absolute Gasteiger partial charge is 0.462 e. The van der Waals surface area contributed by atoms with Gasteiger partial charge in [0.1, 0.15) is 13.2 Å². The molecular weight excluding hydrogens is 793 g/mol. The summed E-state index contributed by atoms with van der Waals surface area (Å²) in [6.07, 6.45) is 64.8. The van der Waals surface area contributed by atoms with Crippen molar-refractivity contribution in [2.45, 2.75) is 277 Å². The van der Waals surface area contributed by atoms with E-state index in [1.54, 1.807) is 0 Å². The molecule has 0 unspecified atom stereocenters. The molecule has 0 heterocycles. The minimum absolute atomic E-state index is 0.0852. The number of esters is 3. The van der Waals surface area contributed by atoms with Crippen LogP contribution in [0.5, 0.6) is 0 Å². The Labute approximate surface area is 396 Å². The molecule has 0 aromatic heterocycles. The molecule has 1 atom stereocenters. The lowest BCUT2D eigenvalue weighted by atomic mass is 10.0. The minimum atomic E-state index is -0.789. The quantitative estimate of drug-likeness (QED) is 0.0262. The molecule has 0 saturated carbocycles. The van der Waals surface area contributed by atoms with Crippen molar-refractivity contribution in [3.8, 4) is 0 Å². The predicted molar refractivity (Wildman–Crippen MR) is 275 cm³/mol. The molecule has 0 amide bonds. The number of hydrogen-bond donors (Lipinski definition) is 0. The van der Waals surface area contributed by atoms with E-state index in [-0.39, 0.29) is 31.1 Å². The Balaban J connectivity index is 4.43. The highest BCUT2D eigenvalue weighted by molar-refractivity contribution is 5.71. The summed E-state index contributed by atoms with van der Waals surface area (Å²) in [4.78, 5) is 38.0. The molecule has 0 aliphatic rings. The molecule has 0 aromatic rings. The second-order valence-electron chi connectivity index (χ2n) is 18.1. The first-order chi connectivity index (χ1) is 31.5. The van der Waals surface area contributed by atoms with E-state index in [4.69, 9.17) is 14.2 Å². The van der Waals surface area contributed by atoms with Gasteiger partial charge in [0.15, 0.2) is 6.10 Å². The molecule has 6 nitrogen and oxygen atoms in total. The van der Waals surface area contributed by atoms with E-state index in [2.05, 4.69) is 81.5 Å². The molecule has 0 fully saturated rings. The van der Waals surface area contributed by atoms with Crippen molar-refractivity contribution in [1.29, 1.82) is 0 Å². The van der Waals surface area contributed by atoms with Crippen LogP contribution in [-0.2, 0) is 28.6 Å². The number of rotatable bonds is 49. The Morgan fingerprint density at radius 1 is 0.312 bits per heavy atom. The van der Waals surface area contributed by atoms with Gasteiger partial charge in [-0.05, 0) is 89.9 Å². The van der Waals surface area contributed by atoms with Gasteiger partial charge >= 0.3 is 17.9 Å². The van der Waals surface area contributed by atoms with Gasteiger partial charge in [0.2, 0.25) is 0 Å². The number of unbranched alkanes of at least 4 members (excludes halogenated alkanes) is 28. The molecule has 0 bridgehead atoms. The van der Waals surface area contributed by atoms with E-state index in [0.717, 1.165) is 109 Å². The first-order valence-electron chi connectivity index (χ1n) is 27.3. The van der Waals surface area contributed by atoms with E-state index >= 15 is 0 Å². The van der Waals surface area contributed by atoms with Gasteiger partial charge in [0.05, 0.1) is 0 Å². The Hall–Kier alpha value is -2.89. The number of allylic oxidation sites excluding steroid dienone is 10. The van der Waals surface area contributed by atoms with Crippen LogP contribution >= 0.6 is 0 Å². The van der Waals surface area contributed by atoms with Crippen molar-refractivity contribution < 1.29 is 28.6 Å². The lowest BCUT2D eigenvalue weighted by Gasteiger charge is -2.18. The highest BCUT2D eigenvalue weighted by atomic mass is 16.6. The molecule has 0 rings (SSSR count). The standard InChI is InChI=1S/C58H102O6/c1-4-7-10-13-16-19-22-25-28-29-31-33-36-39-42-45-48-51-57(60)63-54-55(53-62-56(59)50-47-44-41-38-35-32-27-24-21-18-15-12-9-6-3)64-58(61)52-49-46-43-40-37-34-30-26-23-20-17-14-11-8-5-2/h16-17,19-20,25-26,28,30-31,33,55H,4-15,18,21-24,27,29,32,34-54H2,1-3H3/b19-16-,20-17-,28-25-,30-26-,33-31-/t55-/m1/s1. The third-order valence-electron chi connectivity index (χ3n) is 11.7. The maximum atomic E-state index is 12.8. The highest BCUT2D eigenvalue weighted by Crippen LogP contribution is 2.15. The Morgan fingerprint density at radius 3 is 0.906 bits per heavy atom. The van der Waals surface area contributed by atoms with Crippen LogP contribution in [0.3, 0.4) is 0 Å². The second-order valence-corrected chi connectivity index (χ2v) is 18.1. The van der Waals surface area contributed by atoms with Crippen LogP contribution in [0.4, 0.5) is 0 Å². The fourth-order valence-corrected chi connectivity index (χ4v) is 7.60. The van der Waals surface area contributed by atoms with Gasteiger partial charge in [-0.15, -0.1) is 0 Å². The van der Waals surface area contributed by atoms with Gasteiger partial charge in [-0.25, -0.2) is 0 Å². The van der Waals surface area contributed by atoms with E-state index in [0.29, 0.717) is 19.3 Å². The number of carbonyl (C=O) groups is 3. The second kappa shape index (κ2) is 52.7. The van der Waals surface area contributed by atoms with E-state index in [9.17, 15) is 14.4 Å². The summed E-state index contributed by atoms with van der Waals surface area (Å²) in [5.41, 5.74) is 0. The van der Waals surface area contributed by atoms with Gasteiger partial charge in [0, 0.05) is 19.3 Å². The zero-order valence-electron chi connectivity index (χ0n) is 42.3. The van der Waals surface area contributed by atoms with Crippen LogP contribution in [0.15, 0.2) is 60.8 Å². The third kappa shape index (κ3) is 50.1. The molecular formula is C58H102O6. The van der Waals surface area contributed by atoms with Crippen LogP contribution in [0.1, 0.15) is 271 Å². The Bertz CT molecular complexity index is 1170. The van der Waals surface area contributed by atoms with Crippen molar-refractivity contribution in [2.75, 3.05) is 13.2 Å². The van der Waals surface area contributed by atoms with Crippen LogP contribution in [0, 0.1) is 0 Å². The number of ether oxygens (including phenoxy) is 3. The summed E-state index contributed by atoms with van der Waals surface area (Å²) < 4.78 is 16.8. The van der Waals surface area contributed by atoms with Crippen molar-refractivity contribution in [2.24, 2.45) is 0 Å². The summed E-state index contributed by atoms with van der Waals surface area (Å²) in [6.45, 7) is 6.57. The van der Waals surface area contributed by atoms with Gasteiger partial charge in [0.25, 0.3) is 0 Å². The van der Waals surface area contributed by atoms with Gasteiger partial charge in [-0.2, -0.15) is 0 Å². The summed E-state index contributed by atoms with van der Waals surface area (Å²) in [5.74, 6) is -0.914. The van der Waals surface area contributed by atoms with Crippen LogP contribution in [0.25, 0.3) is 0 Å². The van der Waals surface area contributed by atoms with Crippen molar-refractivity contribution in [3.63, 3.8) is 0 Å². The average Bonchev–Trinajstić information content (AvgIpc) is 3.29. The first kappa shape index (κ1) is 61.1. The fraction of sp³-hybridized carbons (Fsp3) is 0.776. The van der Waals surface area contributed by atoms with Crippen molar-refractivity contribution >= 4 is 17.9 Å². The highest BCUT2D eigenvalue weighted by Gasteiger charge is 2.19. The summed E-state index contributed by atoms with van der Waals surface area (Å²) in [7, 11) is 0. The maximum absolute atomic E-state index is 12.8. The molecule has 0 N–H and O–H groups in total. The monoisotopic (exact) mass is 895 g/mol. The molecule has 0 aromatic carbocycles. The minimum Gasteiger partial charge on any atom is -0.462 e. The normalized spacial score (nSPS) is 12.5. The van der Waals surface area contributed by atoms with E-state index < -0.39 is 6.10 Å². The zero-order valence-corrected chi connectivity index (χ0v) is 42.3. The Kier molecular flexibility index (Phi) is 50.4. The van der Waals surface area contributed by atoms with Crippen molar-refractivity contribution in [1.82, 2.24) is 0 Å². The SMILES string of the molecule is CCCCC/C=C\C/C=C\C/C=C\CCCCCCC(=O)OC[C@@H](COC(=O)CCCCCCCCCCCCCCCC)OC(=O)CCCCCCC/C=C\C/C=C\CCCCC. The zero-order chi connectivity index (χ0) is 46.5. The fourth-order valence-electron chi connectivity index (χ4n) is 7.60. The maximum Gasteiger partial charge on any atom is 0.306 e. The molecule has 0 radical (unpaired) electrons. The number of carbonyl (C=O) groups excluding carboxylic acids is 3. The van der Waals surface area contributed by atoms with Gasteiger partial charge in [-0.1, -0.05) is 223 Å². The summed E-state index contributed by atoms with van der Waals surface area (Å²) >= 11 is 0. The first-order valence-corrected chi connectivity index (χ1v) is 27.3. The average molecular weight is 895 g/mol. The van der Waals surface area contributed by atoms with Crippen LogP contribution < -0.4 is 0 Å². The molecule has 6 heteroatoms. The topological polar surface area (TPSA) is 78.9 Å². The molecule has 0 saturated heterocycles. The lowest BCUT2D eigenvalue weighted by Crippen LogP contribution is -2.30. The molecule has 64 heavy (non-hydrogen) atoms. The van der Waals surface area contributed by atoms with Gasteiger partial charge in [-0.3, -0.25) is 14.4 Å². The lowest BCUT2D eigenvalue weighted by molar-refractivity contribution is -0.167. The third-order valence-corrected chi connectivity index (χ3v) is 11.7. The molecule has 0 aliphatic heterocycles. The molecule has 0 spiro atoms. The molecule has 370 valence electrons. The Morgan fingerprint density at radius 2 is 0.562 bits per heavy atom. The summed E-state index contributed by atoms with van der Waals surface area (Å²) in [5, 5.41) is 0. The molecule has 0 aliphatic carbocycles. The van der Waals surface area contributed by atoms with Gasteiger partial charge < -0.3 is 14.2 Å². The smallest absolute Gasteiger partial charge is 0.306 e. The predicted octanol–water partition coefficient (Wildman–Crippen LogP) is 18.0.